The molecular formula is C21H29N3OS. The van der Waals surface area contributed by atoms with Crippen molar-refractivity contribution in [2.24, 2.45) is 5.92 Å². The van der Waals surface area contributed by atoms with Crippen LogP contribution in [-0.2, 0) is 16.8 Å². The van der Waals surface area contributed by atoms with Crippen molar-refractivity contribution in [3.8, 4) is 0 Å². The number of aromatic nitrogens is 1. The van der Waals surface area contributed by atoms with Crippen LogP contribution in [0.1, 0.15) is 51.2 Å². The van der Waals surface area contributed by atoms with E-state index in [1.165, 1.54) is 24.0 Å². The molecule has 26 heavy (non-hydrogen) atoms. The highest BCUT2D eigenvalue weighted by Gasteiger charge is 2.47. The first-order valence-electron chi connectivity index (χ1n) is 9.26. The van der Waals surface area contributed by atoms with Gasteiger partial charge >= 0.3 is 0 Å². The largest absolute Gasteiger partial charge is 0.598 e. The van der Waals surface area contributed by atoms with E-state index in [2.05, 4.69) is 34.0 Å². The summed E-state index contributed by atoms with van der Waals surface area (Å²) in [6.07, 6.45) is 7.02. The monoisotopic (exact) mass is 371 g/mol. The van der Waals surface area contributed by atoms with E-state index in [0.717, 1.165) is 12.1 Å². The van der Waals surface area contributed by atoms with Gasteiger partial charge in [0.15, 0.2) is 0 Å². The maximum absolute atomic E-state index is 12.4. The van der Waals surface area contributed by atoms with Crippen molar-refractivity contribution in [3.05, 3.63) is 59.9 Å². The van der Waals surface area contributed by atoms with E-state index in [1.807, 2.05) is 45.3 Å². The second-order valence-corrected chi connectivity index (χ2v) is 10.2. The quantitative estimate of drug-likeness (QED) is 0.573. The van der Waals surface area contributed by atoms with Crippen LogP contribution >= 0.6 is 0 Å². The third kappa shape index (κ3) is 4.05. The molecule has 1 saturated carbocycles. The van der Waals surface area contributed by atoms with Crippen LogP contribution in [0.3, 0.4) is 0 Å². The first-order chi connectivity index (χ1) is 12.3. The fourth-order valence-corrected chi connectivity index (χ4v) is 4.45. The number of hydrogen-bond acceptors (Lipinski definition) is 4. The van der Waals surface area contributed by atoms with E-state index < -0.39 is 11.4 Å². The number of pyridine rings is 1. The number of nitrogens with zero attached hydrogens (tertiary/aromatic N) is 1. The maximum Gasteiger partial charge on any atom is 0.136 e. The molecule has 140 valence electrons. The lowest BCUT2D eigenvalue weighted by atomic mass is 9.68. The zero-order valence-electron chi connectivity index (χ0n) is 15.9. The zero-order chi connectivity index (χ0) is 18.8. The number of nitrogens with two attached hydrogens (primary N) is 1. The minimum Gasteiger partial charge on any atom is -0.598 e. The van der Waals surface area contributed by atoms with Crippen LogP contribution in [0.15, 0.2) is 48.8 Å². The van der Waals surface area contributed by atoms with Crippen molar-refractivity contribution in [2.45, 2.75) is 50.2 Å². The van der Waals surface area contributed by atoms with Gasteiger partial charge in [0.25, 0.3) is 0 Å². The lowest BCUT2D eigenvalue weighted by Gasteiger charge is -2.36. The second-order valence-electron chi connectivity index (χ2n) is 8.13. The molecule has 1 aliphatic carbocycles. The highest BCUT2D eigenvalue weighted by atomic mass is 32.2. The lowest BCUT2D eigenvalue weighted by molar-refractivity contribution is 0.410. The first-order valence-corrected chi connectivity index (χ1v) is 10.4. The zero-order valence-corrected chi connectivity index (χ0v) is 16.7. The molecule has 1 aromatic carbocycles. The Kier molecular flexibility index (Phi) is 5.61. The van der Waals surface area contributed by atoms with Gasteiger partial charge in [-0.3, -0.25) is 4.98 Å². The Balaban J connectivity index is 1.94. The molecule has 0 amide bonds. The summed E-state index contributed by atoms with van der Waals surface area (Å²) in [4.78, 5) is 4.20. The number of hydrogen-bond donors (Lipinski definition) is 2. The molecule has 3 rings (SSSR count). The average Bonchev–Trinajstić information content (AvgIpc) is 3.44. The molecule has 0 spiro atoms. The van der Waals surface area contributed by atoms with E-state index in [-0.39, 0.29) is 10.2 Å². The van der Waals surface area contributed by atoms with Gasteiger partial charge in [-0.05, 0) is 81.3 Å². The molecule has 1 fully saturated rings. The molecular weight excluding hydrogens is 342 g/mol. The molecule has 1 aromatic heterocycles. The van der Waals surface area contributed by atoms with Crippen molar-refractivity contribution in [2.75, 3.05) is 12.3 Å². The Morgan fingerprint density at radius 2 is 1.85 bits per heavy atom. The van der Waals surface area contributed by atoms with Gasteiger partial charge in [-0.1, -0.05) is 12.1 Å². The molecule has 1 unspecified atom stereocenters. The molecule has 2 atom stereocenters. The Morgan fingerprint density at radius 1 is 1.15 bits per heavy atom. The van der Waals surface area contributed by atoms with Crippen LogP contribution in [0, 0.1) is 5.92 Å². The topological polar surface area (TPSA) is 74.0 Å². The average molecular weight is 372 g/mol. The van der Waals surface area contributed by atoms with Crippen LogP contribution in [0.25, 0.3) is 0 Å². The molecule has 0 radical (unpaired) electrons. The van der Waals surface area contributed by atoms with Crippen LogP contribution in [0.5, 0.6) is 0 Å². The summed E-state index contributed by atoms with van der Waals surface area (Å²) >= 11 is -1.07. The minimum absolute atomic E-state index is 0.118. The van der Waals surface area contributed by atoms with Gasteiger partial charge in [0, 0.05) is 41.4 Å². The summed E-state index contributed by atoms with van der Waals surface area (Å²) in [5, 5.41) is 0. The van der Waals surface area contributed by atoms with Crippen molar-refractivity contribution >= 4 is 17.0 Å². The SMILES string of the molecule is CC(C)(C)[S+]([O-])NCC[C@@](c1ccncc1)(c1cccc(N)c1)C1CC1. The van der Waals surface area contributed by atoms with Gasteiger partial charge in [0.05, 0.1) is 0 Å². The minimum atomic E-state index is -1.07. The number of nitrogen functional groups attached to an aromatic ring is 1. The van der Waals surface area contributed by atoms with Gasteiger partial charge in [0.1, 0.15) is 4.75 Å². The van der Waals surface area contributed by atoms with Crippen molar-refractivity contribution < 1.29 is 4.55 Å². The maximum atomic E-state index is 12.4. The van der Waals surface area contributed by atoms with Gasteiger partial charge in [-0.2, -0.15) is 0 Å². The molecule has 5 heteroatoms. The summed E-state index contributed by atoms with van der Waals surface area (Å²) in [6.45, 7) is 6.67. The van der Waals surface area contributed by atoms with Gasteiger partial charge in [0.2, 0.25) is 0 Å². The summed E-state index contributed by atoms with van der Waals surface area (Å²) in [7, 11) is 0. The van der Waals surface area contributed by atoms with Gasteiger partial charge in [-0.15, -0.1) is 4.72 Å². The molecule has 4 nitrogen and oxygen atoms in total. The summed E-state index contributed by atoms with van der Waals surface area (Å²) in [5.74, 6) is 0.580. The fraction of sp³-hybridized carbons (Fsp3) is 0.476. The Bertz CT molecular complexity index is 728. The van der Waals surface area contributed by atoms with E-state index in [0.29, 0.717) is 12.5 Å². The molecule has 3 N–H and O–H groups in total. The van der Waals surface area contributed by atoms with E-state index in [9.17, 15) is 4.55 Å². The van der Waals surface area contributed by atoms with Crippen molar-refractivity contribution in [1.29, 1.82) is 0 Å². The van der Waals surface area contributed by atoms with E-state index >= 15 is 0 Å². The molecule has 2 aromatic rings. The fourth-order valence-electron chi connectivity index (χ4n) is 3.73. The normalized spacial score (nSPS) is 18.3. The van der Waals surface area contributed by atoms with Crippen LogP contribution in [-0.4, -0.2) is 20.8 Å². The summed E-state index contributed by atoms with van der Waals surface area (Å²) in [6, 6.07) is 12.5. The number of anilines is 1. The Hall–Kier alpha value is -1.56. The van der Waals surface area contributed by atoms with Gasteiger partial charge in [-0.25, -0.2) is 0 Å². The summed E-state index contributed by atoms with van der Waals surface area (Å²) < 4.78 is 15.4. The highest BCUT2D eigenvalue weighted by Crippen LogP contribution is 2.53. The Morgan fingerprint density at radius 3 is 2.42 bits per heavy atom. The lowest BCUT2D eigenvalue weighted by Crippen LogP contribution is -2.42. The smallest absolute Gasteiger partial charge is 0.136 e. The van der Waals surface area contributed by atoms with Gasteiger partial charge < -0.3 is 10.3 Å². The molecule has 0 bridgehead atoms. The van der Waals surface area contributed by atoms with E-state index in [1.54, 1.807) is 0 Å². The van der Waals surface area contributed by atoms with Crippen LogP contribution in [0.4, 0.5) is 5.69 Å². The Labute approximate surface area is 159 Å². The third-order valence-electron chi connectivity index (χ3n) is 5.18. The molecule has 0 aliphatic heterocycles. The predicted octanol–water partition coefficient (Wildman–Crippen LogP) is 3.80. The standard InChI is InChI=1S/C21H29N3OS/c1-20(2,3)26(25)24-14-11-21(16-7-8-16,17-9-12-23-13-10-17)18-5-4-6-19(22)15-18/h4-6,9-10,12-13,15-16,24H,7-8,11,14,22H2,1-3H3/t21-,26?/m1/s1. The van der Waals surface area contributed by atoms with Crippen molar-refractivity contribution in [3.63, 3.8) is 0 Å². The number of rotatable bonds is 7. The number of nitrogens with one attached hydrogen (secondary N) is 1. The third-order valence-corrected chi connectivity index (χ3v) is 6.76. The molecule has 1 aliphatic rings. The van der Waals surface area contributed by atoms with Crippen molar-refractivity contribution in [1.82, 2.24) is 9.71 Å². The predicted molar refractivity (Wildman–Crippen MR) is 109 cm³/mol. The highest BCUT2D eigenvalue weighted by molar-refractivity contribution is 7.90. The second kappa shape index (κ2) is 7.59. The molecule has 0 saturated heterocycles. The number of benzene rings is 1. The van der Waals surface area contributed by atoms with Crippen LogP contribution < -0.4 is 10.5 Å². The summed E-state index contributed by atoms with van der Waals surface area (Å²) in [5.41, 5.74) is 9.29. The van der Waals surface area contributed by atoms with Crippen LogP contribution in [0.2, 0.25) is 0 Å². The molecule has 1 heterocycles. The first kappa shape index (κ1) is 19.2. The van der Waals surface area contributed by atoms with E-state index in [4.69, 9.17) is 5.73 Å².